The molecule has 2 fully saturated rings. The minimum atomic E-state index is 0.0354. The summed E-state index contributed by atoms with van der Waals surface area (Å²) in [5.74, 6) is 0.722. The van der Waals surface area contributed by atoms with E-state index in [1.54, 1.807) is 0 Å². The van der Waals surface area contributed by atoms with Crippen molar-refractivity contribution >= 4 is 5.91 Å². The normalized spacial score (nSPS) is 32.2. The maximum absolute atomic E-state index is 12.4. The molecule has 0 aromatic carbocycles. The van der Waals surface area contributed by atoms with E-state index in [-0.39, 0.29) is 12.2 Å². The highest BCUT2D eigenvalue weighted by molar-refractivity contribution is 5.84. The summed E-state index contributed by atoms with van der Waals surface area (Å²) in [6.45, 7) is 6.38. The van der Waals surface area contributed by atoms with Gasteiger partial charge in [-0.1, -0.05) is 39.5 Å². The maximum atomic E-state index is 12.4. The molecule has 0 spiro atoms. The van der Waals surface area contributed by atoms with Crippen molar-refractivity contribution in [3.63, 3.8) is 0 Å². The molecule has 0 aromatic heterocycles. The predicted molar refractivity (Wildman–Crippen MR) is 69.6 cm³/mol. The van der Waals surface area contributed by atoms with Gasteiger partial charge >= 0.3 is 0 Å². The second-order valence-corrected chi connectivity index (χ2v) is 5.96. The number of carbonyl (C=O) groups excluding carboxylic acids is 1. The van der Waals surface area contributed by atoms with E-state index in [1.807, 2.05) is 0 Å². The van der Waals surface area contributed by atoms with E-state index in [9.17, 15) is 4.79 Å². The maximum Gasteiger partial charge on any atom is 0.241 e. The zero-order chi connectivity index (χ0) is 12.4. The first-order valence-corrected chi connectivity index (χ1v) is 7.19. The molecule has 98 valence electrons. The zero-order valence-corrected chi connectivity index (χ0v) is 11.4. The Labute approximate surface area is 105 Å². The van der Waals surface area contributed by atoms with Gasteiger partial charge in [-0.3, -0.25) is 10.1 Å². The summed E-state index contributed by atoms with van der Waals surface area (Å²) in [6.07, 6.45) is 7.87. The predicted octanol–water partition coefficient (Wildman–Crippen LogP) is 2.51. The topological polar surface area (TPSA) is 32.3 Å². The lowest BCUT2D eigenvalue weighted by Gasteiger charge is -2.30. The molecule has 2 unspecified atom stereocenters. The van der Waals surface area contributed by atoms with Crippen molar-refractivity contribution in [2.24, 2.45) is 5.92 Å². The zero-order valence-electron chi connectivity index (χ0n) is 11.4. The van der Waals surface area contributed by atoms with Gasteiger partial charge < -0.3 is 4.90 Å². The van der Waals surface area contributed by atoms with Crippen LogP contribution in [0.2, 0.25) is 0 Å². The van der Waals surface area contributed by atoms with Gasteiger partial charge in [0.2, 0.25) is 5.91 Å². The molecular weight excluding hydrogens is 212 g/mol. The summed E-state index contributed by atoms with van der Waals surface area (Å²) in [5.41, 5.74) is 0. The van der Waals surface area contributed by atoms with Crippen LogP contribution in [0.5, 0.6) is 0 Å². The highest BCUT2D eigenvalue weighted by Crippen LogP contribution is 2.27. The number of amides is 1. The lowest BCUT2D eigenvalue weighted by Crippen LogP contribution is -2.43. The Morgan fingerprint density at radius 2 is 1.76 bits per heavy atom. The van der Waals surface area contributed by atoms with Crippen molar-refractivity contribution in [3.05, 3.63) is 0 Å². The first kappa shape index (κ1) is 12.9. The molecule has 0 bridgehead atoms. The van der Waals surface area contributed by atoms with Crippen molar-refractivity contribution in [1.82, 2.24) is 10.2 Å². The number of nitrogens with zero attached hydrogens (tertiary/aromatic N) is 1. The third-order valence-electron chi connectivity index (χ3n) is 4.24. The van der Waals surface area contributed by atoms with Gasteiger partial charge in [0.25, 0.3) is 0 Å². The van der Waals surface area contributed by atoms with Gasteiger partial charge in [0.15, 0.2) is 0 Å². The number of nitrogens with one attached hydrogen (secondary N) is 1. The van der Waals surface area contributed by atoms with E-state index in [2.05, 4.69) is 31.0 Å². The smallest absolute Gasteiger partial charge is 0.241 e. The highest BCUT2D eigenvalue weighted by atomic mass is 16.2. The van der Waals surface area contributed by atoms with Crippen LogP contribution in [0.25, 0.3) is 0 Å². The molecule has 1 N–H and O–H groups in total. The second kappa shape index (κ2) is 5.38. The van der Waals surface area contributed by atoms with Gasteiger partial charge in [-0.05, 0) is 25.7 Å². The third-order valence-corrected chi connectivity index (χ3v) is 4.24. The minimum Gasteiger partial charge on any atom is -0.323 e. The first-order valence-electron chi connectivity index (χ1n) is 7.19. The van der Waals surface area contributed by atoms with E-state index in [0.29, 0.717) is 17.9 Å². The van der Waals surface area contributed by atoms with Crippen LogP contribution in [0.15, 0.2) is 0 Å². The fourth-order valence-electron chi connectivity index (χ4n) is 3.27. The van der Waals surface area contributed by atoms with Crippen LogP contribution in [0.1, 0.15) is 59.3 Å². The molecule has 1 saturated heterocycles. The fraction of sp³-hybridized carbons (Fsp3) is 0.929. The molecule has 2 aliphatic rings. The molecule has 2 rings (SSSR count). The number of hydrogen-bond acceptors (Lipinski definition) is 2. The van der Waals surface area contributed by atoms with Gasteiger partial charge in [0, 0.05) is 6.04 Å². The molecule has 17 heavy (non-hydrogen) atoms. The van der Waals surface area contributed by atoms with E-state index < -0.39 is 0 Å². The summed E-state index contributed by atoms with van der Waals surface area (Å²) in [7, 11) is 0. The van der Waals surface area contributed by atoms with Crippen molar-refractivity contribution in [2.45, 2.75) is 77.5 Å². The summed E-state index contributed by atoms with van der Waals surface area (Å²) >= 11 is 0. The van der Waals surface area contributed by atoms with Crippen LogP contribution in [0, 0.1) is 5.92 Å². The molecule has 1 saturated carbocycles. The third kappa shape index (κ3) is 2.65. The van der Waals surface area contributed by atoms with Gasteiger partial charge in [-0.15, -0.1) is 0 Å². The monoisotopic (exact) mass is 238 g/mol. The number of rotatable bonds is 2. The first-order chi connectivity index (χ1) is 8.11. The SMILES string of the molecule is CC(C)C1NC(C)N(C2CCCCCC2)C1=O. The fourth-order valence-corrected chi connectivity index (χ4v) is 3.27. The summed E-state index contributed by atoms with van der Waals surface area (Å²) in [4.78, 5) is 14.6. The van der Waals surface area contributed by atoms with Crippen molar-refractivity contribution < 1.29 is 4.79 Å². The van der Waals surface area contributed by atoms with Crippen LogP contribution < -0.4 is 5.32 Å². The molecule has 3 heteroatoms. The quantitative estimate of drug-likeness (QED) is 0.750. The lowest BCUT2D eigenvalue weighted by atomic mass is 10.0. The molecular formula is C14H26N2O. The Morgan fingerprint density at radius 3 is 2.24 bits per heavy atom. The van der Waals surface area contributed by atoms with E-state index in [0.717, 1.165) is 0 Å². The van der Waals surface area contributed by atoms with Crippen LogP contribution in [-0.2, 0) is 4.79 Å². The van der Waals surface area contributed by atoms with Crippen LogP contribution >= 0.6 is 0 Å². The minimum absolute atomic E-state index is 0.0354. The van der Waals surface area contributed by atoms with Crippen LogP contribution in [0.3, 0.4) is 0 Å². The van der Waals surface area contributed by atoms with Crippen LogP contribution in [0.4, 0.5) is 0 Å². The molecule has 0 aromatic rings. The Hall–Kier alpha value is -0.570. The summed E-state index contributed by atoms with van der Waals surface area (Å²) in [6, 6.07) is 0.518. The molecule has 1 aliphatic heterocycles. The highest BCUT2D eigenvalue weighted by Gasteiger charge is 2.41. The van der Waals surface area contributed by atoms with E-state index in [4.69, 9.17) is 0 Å². The van der Waals surface area contributed by atoms with Crippen molar-refractivity contribution in [1.29, 1.82) is 0 Å². The lowest BCUT2D eigenvalue weighted by molar-refractivity contribution is -0.133. The van der Waals surface area contributed by atoms with Crippen molar-refractivity contribution in [3.8, 4) is 0 Å². The number of hydrogen-bond donors (Lipinski definition) is 1. The van der Waals surface area contributed by atoms with Gasteiger partial charge in [-0.25, -0.2) is 0 Å². The Kier molecular flexibility index (Phi) is 4.08. The van der Waals surface area contributed by atoms with Gasteiger partial charge in [0.1, 0.15) is 0 Å². The number of carbonyl (C=O) groups is 1. The molecule has 1 amide bonds. The summed E-state index contributed by atoms with van der Waals surface area (Å²) < 4.78 is 0. The van der Waals surface area contributed by atoms with Gasteiger partial charge in [0.05, 0.1) is 12.2 Å². The second-order valence-electron chi connectivity index (χ2n) is 5.96. The summed E-state index contributed by atoms with van der Waals surface area (Å²) in [5, 5.41) is 3.45. The molecule has 3 nitrogen and oxygen atoms in total. The van der Waals surface area contributed by atoms with Gasteiger partial charge in [-0.2, -0.15) is 0 Å². The molecule has 0 radical (unpaired) electrons. The molecule has 2 atom stereocenters. The average Bonchev–Trinajstić information content (AvgIpc) is 2.49. The van der Waals surface area contributed by atoms with Crippen molar-refractivity contribution in [2.75, 3.05) is 0 Å². The largest absolute Gasteiger partial charge is 0.323 e. The average molecular weight is 238 g/mol. The van der Waals surface area contributed by atoms with E-state index in [1.165, 1.54) is 38.5 Å². The molecule has 1 aliphatic carbocycles. The van der Waals surface area contributed by atoms with Crippen LogP contribution in [-0.4, -0.2) is 29.1 Å². The Morgan fingerprint density at radius 1 is 1.18 bits per heavy atom. The Bertz CT molecular complexity index is 269. The standard InChI is InChI=1S/C14H26N2O/c1-10(2)13-14(17)16(11(3)15-13)12-8-6-4-5-7-9-12/h10-13,15H,4-9H2,1-3H3. The van der Waals surface area contributed by atoms with E-state index >= 15 is 0 Å². The Balaban J connectivity index is 2.06. The molecule has 1 heterocycles.